The van der Waals surface area contributed by atoms with E-state index in [1.165, 1.54) is 28.0 Å². The predicted molar refractivity (Wildman–Crippen MR) is 88.4 cm³/mol. The van der Waals surface area contributed by atoms with E-state index in [0.717, 1.165) is 31.4 Å². The maximum Gasteiger partial charge on any atom is 0.293 e. The molecule has 0 N–H and O–H groups in total. The largest absolute Gasteiger partial charge is 0.333 e. The van der Waals surface area contributed by atoms with Gasteiger partial charge in [-0.3, -0.25) is 4.79 Å². The molecule has 1 saturated heterocycles. The summed E-state index contributed by atoms with van der Waals surface area (Å²) in [5, 5.41) is 13.2. The van der Waals surface area contributed by atoms with E-state index in [2.05, 4.69) is 22.2 Å². The lowest BCUT2D eigenvalue weighted by Gasteiger charge is -2.32. The van der Waals surface area contributed by atoms with E-state index in [1.54, 1.807) is 12.1 Å². The van der Waals surface area contributed by atoms with Gasteiger partial charge in [0.15, 0.2) is 0 Å². The molecule has 4 rings (SSSR count). The Morgan fingerprint density at radius 2 is 2.04 bits per heavy atom. The van der Waals surface area contributed by atoms with Crippen molar-refractivity contribution in [2.24, 2.45) is 0 Å². The predicted octanol–water partition coefficient (Wildman–Crippen LogP) is 3.01. The molecule has 6 nitrogen and oxygen atoms in total. The molecule has 1 fully saturated rings. The van der Waals surface area contributed by atoms with Gasteiger partial charge in [0.1, 0.15) is 10.8 Å². The second kappa shape index (κ2) is 5.94. The van der Waals surface area contributed by atoms with Crippen LogP contribution in [0.1, 0.15) is 36.8 Å². The van der Waals surface area contributed by atoms with Gasteiger partial charge in [-0.15, -0.1) is 10.2 Å². The number of aromatic nitrogens is 4. The summed E-state index contributed by atoms with van der Waals surface area (Å²) in [6, 6.07) is 6.30. The molecule has 8 heteroatoms. The fraction of sp³-hybridized carbons (Fsp3) is 0.375. The van der Waals surface area contributed by atoms with Gasteiger partial charge >= 0.3 is 0 Å². The molecule has 24 heavy (non-hydrogen) atoms. The summed E-state index contributed by atoms with van der Waals surface area (Å²) in [4.78, 5) is 15.2. The third kappa shape index (κ3) is 2.56. The average molecular weight is 345 g/mol. The van der Waals surface area contributed by atoms with Crippen molar-refractivity contribution in [2.75, 3.05) is 6.54 Å². The minimum Gasteiger partial charge on any atom is -0.333 e. The summed E-state index contributed by atoms with van der Waals surface area (Å²) in [5.74, 6) is -0.189. The SMILES string of the molecule is C[C@@H]1CCCCN1C(=O)c1nnc2sc(-c3ccc(F)cc3)nn12. The van der Waals surface area contributed by atoms with E-state index in [-0.39, 0.29) is 23.6 Å². The molecule has 1 aliphatic rings. The van der Waals surface area contributed by atoms with Crippen LogP contribution < -0.4 is 0 Å². The Labute approximate surface area is 141 Å². The Morgan fingerprint density at radius 1 is 1.25 bits per heavy atom. The minimum atomic E-state index is -0.295. The molecule has 0 aliphatic carbocycles. The molecule has 2 aromatic heterocycles. The molecule has 0 saturated carbocycles. The lowest BCUT2D eigenvalue weighted by atomic mass is 10.0. The number of nitrogens with zero attached hydrogens (tertiary/aromatic N) is 5. The van der Waals surface area contributed by atoms with Crippen LogP contribution in [-0.2, 0) is 0 Å². The Balaban J connectivity index is 1.69. The van der Waals surface area contributed by atoms with Gasteiger partial charge < -0.3 is 4.90 Å². The Hall–Kier alpha value is -2.35. The van der Waals surface area contributed by atoms with Crippen LogP contribution in [-0.4, -0.2) is 43.2 Å². The number of hydrogen-bond donors (Lipinski definition) is 0. The Morgan fingerprint density at radius 3 is 2.79 bits per heavy atom. The minimum absolute atomic E-state index is 0.134. The summed E-state index contributed by atoms with van der Waals surface area (Å²) in [5.41, 5.74) is 0.789. The van der Waals surface area contributed by atoms with Gasteiger partial charge in [0.25, 0.3) is 5.91 Å². The molecule has 1 aliphatic heterocycles. The van der Waals surface area contributed by atoms with Gasteiger partial charge in [0, 0.05) is 18.2 Å². The third-order valence-corrected chi connectivity index (χ3v) is 5.29. The van der Waals surface area contributed by atoms with Crippen molar-refractivity contribution < 1.29 is 9.18 Å². The number of amides is 1. The number of carbonyl (C=O) groups is 1. The van der Waals surface area contributed by atoms with Crippen LogP contribution in [0.15, 0.2) is 24.3 Å². The van der Waals surface area contributed by atoms with Crippen molar-refractivity contribution in [1.82, 2.24) is 24.7 Å². The first-order valence-electron chi connectivity index (χ1n) is 7.92. The summed E-state index contributed by atoms with van der Waals surface area (Å²) in [6.45, 7) is 2.80. The topological polar surface area (TPSA) is 63.4 Å². The van der Waals surface area contributed by atoms with E-state index >= 15 is 0 Å². The van der Waals surface area contributed by atoms with Gasteiger partial charge in [0.2, 0.25) is 10.8 Å². The first-order chi connectivity index (χ1) is 11.6. The van der Waals surface area contributed by atoms with Crippen molar-refractivity contribution >= 4 is 22.2 Å². The second-order valence-electron chi connectivity index (χ2n) is 5.98. The molecule has 0 spiro atoms. The lowest BCUT2D eigenvalue weighted by molar-refractivity contribution is 0.0620. The maximum atomic E-state index is 13.1. The average Bonchev–Trinajstić information content (AvgIpc) is 3.16. The Kier molecular flexibility index (Phi) is 3.76. The van der Waals surface area contributed by atoms with E-state index in [9.17, 15) is 9.18 Å². The molecule has 0 unspecified atom stereocenters. The van der Waals surface area contributed by atoms with Crippen molar-refractivity contribution in [3.63, 3.8) is 0 Å². The van der Waals surface area contributed by atoms with E-state index in [1.807, 2.05) is 4.90 Å². The fourth-order valence-corrected chi connectivity index (χ4v) is 3.83. The van der Waals surface area contributed by atoms with Crippen molar-refractivity contribution in [3.05, 3.63) is 35.9 Å². The highest BCUT2D eigenvalue weighted by molar-refractivity contribution is 7.19. The molecule has 3 aromatic rings. The lowest BCUT2D eigenvalue weighted by Crippen LogP contribution is -2.42. The van der Waals surface area contributed by atoms with Crippen molar-refractivity contribution in [2.45, 2.75) is 32.2 Å². The number of hydrogen-bond acceptors (Lipinski definition) is 5. The second-order valence-corrected chi connectivity index (χ2v) is 6.93. The number of likely N-dealkylation sites (tertiary alicyclic amines) is 1. The van der Waals surface area contributed by atoms with Gasteiger partial charge in [-0.2, -0.15) is 9.61 Å². The van der Waals surface area contributed by atoms with E-state index < -0.39 is 0 Å². The van der Waals surface area contributed by atoms with Gasteiger partial charge in [0.05, 0.1) is 0 Å². The van der Waals surface area contributed by atoms with Crippen molar-refractivity contribution in [3.8, 4) is 10.6 Å². The monoisotopic (exact) mass is 345 g/mol. The van der Waals surface area contributed by atoms with Gasteiger partial charge in [-0.25, -0.2) is 4.39 Å². The number of carbonyl (C=O) groups excluding carboxylic acids is 1. The summed E-state index contributed by atoms with van der Waals surface area (Å²) in [7, 11) is 0. The van der Waals surface area contributed by atoms with Crippen LogP contribution in [0.2, 0.25) is 0 Å². The highest BCUT2D eigenvalue weighted by Crippen LogP contribution is 2.26. The maximum absolute atomic E-state index is 13.1. The number of halogens is 1. The zero-order valence-electron chi connectivity index (χ0n) is 13.1. The third-order valence-electron chi connectivity index (χ3n) is 4.34. The van der Waals surface area contributed by atoms with E-state index in [4.69, 9.17) is 0 Å². The van der Waals surface area contributed by atoms with Crippen LogP contribution in [0.3, 0.4) is 0 Å². The molecule has 0 bridgehead atoms. The summed E-state index contributed by atoms with van der Waals surface area (Å²) >= 11 is 1.33. The number of piperidine rings is 1. The quantitative estimate of drug-likeness (QED) is 0.716. The van der Waals surface area contributed by atoms with Crippen LogP contribution in [0, 0.1) is 5.82 Å². The van der Waals surface area contributed by atoms with Crippen molar-refractivity contribution in [1.29, 1.82) is 0 Å². The summed E-state index contributed by atoms with van der Waals surface area (Å²) < 4.78 is 14.6. The molecular formula is C16H16FN5OS. The van der Waals surface area contributed by atoms with Crippen LogP contribution in [0.5, 0.6) is 0 Å². The first kappa shape index (κ1) is 15.2. The zero-order chi connectivity index (χ0) is 16.7. The molecule has 3 heterocycles. The molecule has 1 amide bonds. The zero-order valence-corrected chi connectivity index (χ0v) is 14.0. The number of fused-ring (bicyclic) bond motifs is 1. The normalized spacial score (nSPS) is 18.2. The standard InChI is InChI=1S/C16H16FN5OS/c1-10-4-2-3-9-21(10)15(23)13-18-19-16-22(13)20-14(24-16)11-5-7-12(17)8-6-11/h5-8,10H,2-4,9H2,1H3/t10-/m1/s1. The van der Waals surface area contributed by atoms with Gasteiger partial charge in [-0.1, -0.05) is 11.3 Å². The molecule has 0 radical (unpaired) electrons. The van der Waals surface area contributed by atoms with Crippen LogP contribution in [0.4, 0.5) is 4.39 Å². The first-order valence-corrected chi connectivity index (χ1v) is 8.74. The van der Waals surface area contributed by atoms with Crippen LogP contribution >= 0.6 is 11.3 Å². The highest BCUT2D eigenvalue weighted by atomic mass is 32.1. The molecular weight excluding hydrogens is 329 g/mol. The fourth-order valence-electron chi connectivity index (χ4n) is 2.99. The van der Waals surface area contributed by atoms with Crippen LogP contribution in [0.25, 0.3) is 15.5 Å². The Bertz CT molecular complexity index is 888. The number of benzene rings is 1. The molecule has 1 aromatic carbocycles. The smallest absolute Gasteiger partial charge is 0.293 e. The number of rotatable bonds is 2. The summed E-state index contributed by atoms with van der Waals surface area (Å²) in [6.07, 6.45) is 3.16. The molecule has 1 atom stereocenters. The molecule has 124 valence electrons. The highest BCUT2D eigenvalue weighted by Gasteiger charge is 2.28. The van der Waals surface area contributed by atoms with Gasteiger partial charge in [-0.05, 0) is 50.5 Å². The van der Waals surface area contributed by atoms with E-state index in [0.29, 0.717) is 9.97 Å².